The molecule has 4 rings (SSSR count). The van der Waals surface area contributed by atoms with Gasteiger partial charge in [0.25, 0.3) is 0 Å². The van der Waals surface area contributed by atoms with Crippen molar-refractivity contribution in [3.05, 3.63) is 63.5 Å². The average Bonchev–Trinajstić information content (AvgIpc) is 2.78. The second-order valence-corrected chi connectivity index (χ2v) is 9.67. The maximum absolute atomic E-state index is 13.9. The van der Waals surface area contributed by atoms with E-state index in [2.05, 4.69) is 48.8 Å². The molecule has 0 unspecified atom stereocenters. The summed E-state index contributed by atoms with van der Waals surface area (Å²) in [5.41, 5.74) is 1.77. The van der Waals surface area contributed by atoms with Crippen molar-refractivity contribution in [2.24, 2.45) is 5.41 Å². The molecule has 2 heterocycles. The Labute approximate surface area is 201 Å². The van der Waals surface area contributed by atoms with Gasteiger partial charge in [-0.2, -0.15) is 5.26 Å². The average molecular weight is 515 g/mol. The number of benzene rings is 1. The number of hydrogen-bond acceptors (Lipinski definition) is 6. The molecular weight excluding hydrogens is 490 g/mol. The van der Waals surface area contributed by atoms with E-state index < -0.39 is 5.41 Å². The van der Waals surface area contributed by atoms with Crippen LogP contribution >= 0.6 is 27.5 Å². The number of nitrogens with zero attached hydrogens (tertiary/aromatic N) is 4. The molecule has 1 fully saturated rings. The second-order valence-electron chi connectivity index (χ2n) is 8.47. The molecule has 0 bridgehead atoms. The van der Waals surface area contributed by atoms with Gasteiger partial charge in [-0.3, -0.25) is 4.79 Å². The molecule has 6 nitrogen and oxygen atoms in total. The van der Waals surface area contributed by atoms with Crippen molar-refractivity contribution in [2.75, 3.05) is 24.5 Å². The lowest BCUT2D eigenvalue weighted by atomic mass is 9.66. The zero-order chi connectivity index (χ0) is 22.7. The van der Waals surface area contributed by atoms with Gasteiger partial charge in [0.15, 0.2) is 5.78 Å². The summed E-state index contributed by atoms with van der Waals surface area (Å²) in [6, 6.07) is 10.3. The Morgan fingerprint density at radius 2 is 2.22 bits per heavy atom. The zero-order valence-corrected chi connectivity index (χ0v) is 20.1. The van der Waals surface area contributed by atoms with E-state index in [0.717, 1.165) is 34.5 Å². The quantitative estimate of drug-likeness (QED) is 0.451. The van der Waals surface area contributed by atoms with Gasteiger partial charge < -0.3 is 10.2 Å². The molecule has 32 heavy (non-hydrogen) atoms. The van der Waals surface area contributed by atoms with Crippen LogP contribution in [0, 0.1) is 16.7 Å². The largest absolute Gasteiger partial charge is 0.353 e. The van der Waals surface area contributed by atoms with Crippen LogP contribution in [-0.4, -0.2) is 41.4 Å². The Morgan fingerprint density at radius 1 is 1.41 bits per heavy atom. The van der Waals surface area contributed by atoms with Crippen molar-refractivity contribution in [3.63, 3.8) is 0 Å². The highest BCUT2D eigenvalue weighted by atomic mass is 79.9. The van der Waals surface area contributed by atoms with Crippen LogP contribution in [0.25, 0.3) is 0 Å². The lowest BCUT2D eigenvalue weighted by Gasteiger charge is -2.39. The van der Waals surface area contributed by atoms with Crippen molar-refractivity contribution in [2.45, 2.75) is 38.1 Å². The summed E-state index contributed by atoms with van der Waals surface area (Å²) in [5.74, 6) is 0.731. The van der Waals surface area contributed by atoms with Gasteiger partial charge >= 0.3 is 0 Å². The van der Waals surface area contributed by atoms with Crippen molar-refractivity contribution < 1.29 is 4.79 Å². The third-order valence-electron chi connectivity index (χ3n) is 6.42. The maximum atomic E-state index is 13.9. The molecule has 166 valence electrons. The van der Waals surface area contributed by atoms with E-state index >= 15 is 0 Å². The first-order valence-electron chi connectivity index (χ1n) is 10.8. The number of aromatic nitrogens is 2. The summed E-state index contributed by atoms with van der Waals surface area (Å²) in [4.78, 5) is 25.0. The highest BCUT2D eigenvalue weighted by molar-refractivity contribution is 9.10. The fourth-order valence-corrected chi connectivity index (χ4v) is 5.43. The number of piperazine rings is 1. The lowest BCUT2D eigenvalue weighted by Crippen LogP contribution is -2.51. The molecule has 0 saturated carbocycles. The Kier molecular flexibility index (Phi) is 6.94. The van der Waals surface area contributed by atoms with Crippen LogP contribution in [0.3, 0.4) is 0 Å². The Balaban J connectivity index is 1.71. The number of rotatable bonds is 6. The Hall–Kier alpha value is -2.27. The number of allylic oxidation sites excluding steroid dienone is 1. The zero-order valence-electron chi connectivity index (χ0n) is 17.8. The topological polar surface area (TPSA) is 81.9 Å². The van der Waals surface area contributed by atoms with E-state index in [0.29, 0.717) is 44.3 Å². The molecule has 2 aromatic rings. The molecule has 1 aliphatic carbocycles. The maximum Gasteiger partial charge on any atom is 0.225 e. The number of hydrogen-bond donors (Lipinski definition) is 1. The third-order valence-corrected chi connectivity index (χ3v) is 7.37. The van der Waals surface area contributed by atoms with E-state index in [1.165, 1.54) is 0 Å². The normalized spacial score (nSPS) is 22.8. The highest BCUT2D eigenvalue weighted by Gasteiger charge is 2.44. The van der Waals surface area contributed by atoms with Crippen LogP contribution in [0.15, 0.2) is 41.4 Å². The number of ketones is 1. The van der Waals surface area contributed by atoms with Gasteiger partial charge in [0.2, 0.25) is 5.28 Å². The van der Waals surface area contributed by atoms with Crippen LogP contribution in [-0.2, 0) is 12.8 Å². The molecule has 2 aliphatic rings. The predicted octanol–water partition coefficient (Wildman–Crippen LogP) is 4.52. The molecule has 8 heteroatoms. The van der Waals surface area contributed by atoms with E-state index in [1.807, 2.05) is 30.3 Å². The van der Waals surface area contributed by atoms with E-state index in [1.54, 1.807) is 0 Å². The first kappa shape index (κ1) is 22.9. The number of carbonyl (C=O) groups is 1. The number of fused-ring (bicyclic) bond motifs is 1. The fraction of sp³-hybridized carbons (Fsp3) is 0.417. The summed E-state index contributed by atoms with van der Waals surface area (Å²) in [5, 5.41) is 12.5. The number of Topliss-reactive ketones (excluding diaryl/α,β-unsaturated/α-hetero) is 1. The SMILES string of the molecule is C=CC[C@]1(Cc2ccccc2Br)CCc2c(nc(Cl)nc2N2CCN[C@@H](CC#N)C2)C1=O. The number of nitriles is 1. The van der Waals surface area contributed by atoms with Gasteiger partial charge in [0.05, 0.1) is 12.5 Å². The molecule has 1 aromatic heterocycles. The molecule has 1 aromatic carbocycles. The molecule has 0 radical (unpaired) electrons. The van der Waals surface area contributed by atoms with Gasteiger partial charge in [-0.05, 0) is 48.9 Å². The number of nitrogens with one attached hydrogen (secondary N) is 1. The minimum atomic E-state index is -0.611. The van der Waals surface area contributed by atoms with Crippen molar-refractivity contribution in [1.82, 2.24) is 15.3 Å². The summed E-state index contributed by atoms with van der Waals surface area (Å²) < 4.78 is 0.993. The molecule has 1 saturated heterocycles. The second kappa shape index (κ2) is 9.70. The summed E-state index contributed by atoms with van der Waals surface area (Å²) in [7, 11) is 0. The molecule has 1 N–H and O–H groups in total. The van der Waals surface area contributed by atoms with E-state index in [4.69, 9.17) is 16.9 Å². The van der Waals surface area contributed by atoms with Crippen LogP contribution in [0.2, 0.25) is 5.28 Å². The molecular formula is C24H25BrClN5O. The molecule has 1 aliphatic heterocycles. The van der Waals surface area contributed by atoms with Crippen molar-refractivity contribution >= 4 is 39.1 Å². The predicted molar refractivity (Wildman–Crippen MR) is 129 cm³/mol. The molecule has 0 spiro atoms. The smallest absolute Gasteiger partial charge is 0.225 e. The van der Waals surface area contributed by atoms with Crippen LogP contribution < -0.4 is 10.2 Å². The standard InChI is InChI=1S/C24H25BrClN5O/c1-2-9-24(14-16-5-3-4-6-19(16)25)10-7-18-20(21(24)32)29-23(26)30-22(18)31-13-12-28-17(15-31)8-11-27/h2-6,17,28H,1,7-10,12-15H2/t17-,24+/m0/s1. The van der Waals surface area contributed by atoms with Crippen molar-refractivity contribution in [1.29, 1.82) is 5.26 Å². The summed E-state index contributed by atoms with van der Waals surface area (Å²) in [6.07, 6.45) is 4.81. The van der Waals surface area contributed by atoms with Gasteiger partial charge in [-0.25, -0.2) is 9.97 Å². The Morgan fingerprint density at radius 3 is 2.97 bits per heavy atom. The van der Waals surface area contributed by atoms with Gasteiger partial charge in [0, 0.05) is 41.1 Å². The monoisotopic (exact) mass is 513 g/mol. The molecule has 0 amide bonds. The van der Waals surface area contributed by atoms with Gasteiger partial charge in [-0.1, -0.05) is 40.2 Å². The molecule has 2 atom stereocenters. The van der Waals surface area contributed by atoms with Gasteiger partial charge in [-0.15, -0.1) is 6.58 Å². The summed E-state index contributed by atoms with van der Waals surface area (Å²) >= 11 is 9.95. The minimum absolute atomic E-state index is 0.00339. The number of carbonyl (C=O) groups excluding carboxylic acids is 1. The highest BCUT2D eigenvalue weighted by Crippen LogP contribution is 2.44. The van der Waals surface area contributed by atoms with Gasteiger partial charge in [0.1, 0.15) is 11.5 Å². The fourth-order valence-electron chi connectivity index (χ4n) is 4.84. The first-order valence-corrected chi connectivity index (χ1v) is 12.0. The summed E-state index contributed by atoms with van der Waals surface area (Å²) in [6.45, 7) is 6.06. The van der Waals surface area contributed by atoms with Crippen LogP contribution in [0.4, 0.5) is 5.82 Å². The van der Waals surface area contributed by atoms with E-state index in [9.17, 15) is 4.79 Å². The first-order chi connectivity index (χ1) is 15.5. The lowest BCUT2D eigenvalue weighted by molar-refractivity contribution is 0.0750. The Bertz CT molecular complexity index is 1080. The number of anilines is 1. The third kappa shape index (κ3) is 4.45. The van der Waals surface area contributed by atoms with Crippen molar-refractivity contribution in [3.8, 4) is 6.07 Å². The number of halogens is 2. The van der Waals surface area contributed by atoms with Crippen LogP contribution in [0.5, 0.6) is 0 Å². The van der Waals surface area contributed by atoms with Crippen LogP contribution in [0.1, 0.15) is 40.9 Å². The van der Waals surface area contributed by atoms with E-state index in [-0.39, 0.29) is 17.1 Å². The minimum Gasteiger partial charge on any atom is -0.353 e.